The third-order valence-corrected chi connectivity index (χ3v) is 6.26. The van der Waals surface area contributed by atoms with Crippen LogP contribution in [-0.2, 0) is 14.4 Å². The molecule has 0 aromatic heterocycles. The number of hydrazine groups is 1. The summed E-state index contributed by atoms with van der Waals surface area (Å²) in [5.74, 6) is -1.11. The number of aliphatic carboxylic acids is 1. The fraction of sp³-hybridized carbons (Fsp3) is 0.842. The number of carbonyl (C=O) groups excluding carboxylic acids is 2. The molecule has 0 aromatic rings. The van der Waals surface area contributed by atoms with Gasteiger partial charge in [-0.2, -0.15) is 0 Å². The molecule has 158 valence electrons. The second-order valence-corrected chi connectivity index (χ2v) is 8.04. The molecule has 0 radical (unpaired) electrons. The number of piperidine rings is 2. The summed E-state index contributed by atoms with van der Waals surface area (Å²) < 4.78 is 0. The van der Waals surface area contributed by atoms with E-state index >= 15 is 0 Å². The third kappa shape index (κ3) is 5.21. The summed E-state index contributed by atoms with van der Waals surface area (Å²) in [6.07, 6.45) is 3.71. The monoisotopic (exact) mass is 395 g/mol. The first-order valence-electron chi connectivity index (χ1n) is 10.4. The first-order valence-corrected chi connectivity index (χ1v) is 10.4. The number of hydrogen-bond donors (Lipinski definition) is 2. The number of piperazine rings is 1. The smallest absolute Gasteiger partial charge is 0.324 e. The van der Waals surface area contributed by atoms with Crippen molar-refractivity contribution in [1.29, 1.82) is 0 Å². The second-order valence-electron chi connectivity index (χ2n) is 8.04. The first kappa shape index (κ1) is 21.0. The molecule has 0 atom stereocenters. The van der Waals surface area contributed by atoms with E-state index in [1.807, 2.05) is 4.90 Å². The van der Waals surface area contributed by atoms with Crippen LogP contribution in [0.3, 0.4) is 0 Å². The lowest BCUT2D eigenvalue weighted by Gasteiger charge is -2.43. The molecule has 3 fully saturated rings. The van der Waals surface area contributed by atoms with Crippen molar-refractivity contribution in [1.82, 2.24) is 25.1 Å². The Morgan fingerprint density at radius 1 is 0.964 bits per heavy atom. The molecule has 2 amide bonds. The molecule has 3 aliphatic heterocycles. The molecule has 3 aliphatic rings. The highest BCUT2D eigenvalue weighted by atomic mass is 16.4. The Bertz CT molecular complexity index is 565. The van der Waals surface area contributed by atoms with Crippen LogP contribution in [0.4, 0.5) is 0 Å². The van der Waals surface area contributed by atoms with Crippen LogP contribution < -0.4 is 5.32 Å². The zero-order valence-corrected chi connectivity index (χ0v) is 16.8. The van der Waals surface area contributed by atoms with Gasteiger partial charge in [-0.1, -0.05) is 0 Å². The van der Waals surface area contributed by atoms with Gasteiger partial charge in [-0.25, -0.2) is 5.01 Å². The Kier molecular flexibility index (Phi) is 7.25. The molecule has 0 aromatic carbocycles. The highest BCUT2D eigenvalue weighted by Crippen LogP contribution is 2.23. The molecule has 0 bridgehead atoms. The van der Waals surface area contributed by atoms with Crippen molar-refractivity contribution in [2.24, 2.45) is 5.92 Å². The molecule has 0 spiro atoms. The van der Waals surface area contributed by atoms with Crippen molar-refractivity contribution in [3.8, 4) is 0 Å². The van der Waals surface area contributed by atoms with Crippen molar-refractivity contribution >= 4 is 17.8 Å². The van der Waals surface area contributed by atoms with E-state index in [1.54, 1.807) is 5.01 Å². The van der Waals surface area contributed by atoms with Crippen molar-refractivity contribution < 1.29 is 19.5 Å². The molecule has 0 aliphatic carbocycles. The highest BCUT2D eigenvalue weighted by Gasteiger charge is 2.34. The van der Waals surface area contributed by atoms with Crippen LogP contribution in [0.15, 0.2) is 0 Å². The summed E-state index contributed by atoms with van der Waals surface area (Å²) in [5.41, 5.74) is 0. The van der Waals surface area contributed by atoms with Gasteiger partial charge in [0.15, 0.2) is 0 Å². The summed E-state index contributed by atoms with van der Waals surface area (Å²) in [4.78, 5) is 40.2. The van der Waals surface area contributed by atoms with Gasteiger partial charge >= 0.3 is 5.97 Å². The summed E-state index contributed by atoms with van der Waals surface area (Å²) in [7, 11) is 0. The lowest BCUT2D eigenvalue weighted by molar-refractivity contribution is -0.161. The zero-order chi connectivity index (χ0) is 20.1. The van der Waals surface area contributed by atoms with Crippen LogP contribution in [0.5, 0.6) is 0 Å². The van der Waals surface area contributed by atoms with E-state index in [9.17, 15) is 14.4 Å². The van der Waals surface area contributed by atoms with Crippen LogP contribution >= 0.6 is 0 Å². The van der Waals surface area contributed by atoms with Crippen molar-refractivity contribution in [3.05, 3.63) is 0 Å². The summed E-state index contributed by atoms with van der Waals surface area (Å²) in [6, 6.07) is 0.647. The Labute approximate surface area is 166 Å². The van der Waals surface area contributed by atoms with Crippen LogP contribution in [0.2, 0.25) is 0 Å². The maximum atomic E-state index is 12.9. The maximum absolute atomic E-state index is 12.9. The fourth-order valence-corrected chi connectivity index (χ4v) is 4.63. The Hall–Kier alpha value is -1.71. The number of hydrogen-bond acceptors (Lipinski definition) is 6. The molecule has 3 saturated heterocycles. The van der Waals surface area contributed by atoms with E-state index in [0.717, 1.165) is 39.3 Å². The molecule has 0 saturated carbocycles. The van der Waals surface area contributed by atoms with Crippen LogP contribution in [0.1, 0.15) is 32.6 Å². The van der Waals surface area contributed by atoms with Crippen molar-refractivity contribution in [2.75, 3.05) is 58.9 Å². The number of rotatable bonds is 5. The quantitative estimate of drug-likeness (QED) is 0.644. The van der Waals surface area contributed by atoms with Crippen molar-refractivity contribution in [2.45, 2.75) is 38.6 Å². The molecule has 0 unspecified atom stereocenters. The minimum Gasteiger partial charge on any atom is -0.480 e. The topological polar surface area (TPSA) is 96.4 Å². The molecule has 3 rings (SSSR count). The summed E-state index contributed by atoms with van der Waals surface area (Å²) in [6.45, 7) is 7.79. The standard InChI is InChI=1S/C19H33N5O4/c1-15(25)24(14-18(26)27)23-8-4-16(5-9-23)19(28)22-12-10-21(11-13-22)17-2-6-20-7-3-17/h16-17,20H,2-14H2,1H3,(H,26,27). The molecule has 9 heteroatoms. The highest BCUT2D eigenvalue weighted by molar-refractivity contribution is 5.80. The SMILES string of the molecule is CC(=O)N(CC(=O)O)N1CCC(C(=O)N2CCN(C3CCNCC3)CC2)CC1. The van der Waals surface area contributed by atoms with E-state index in [-0.39, 0.29) is 24.3 Å². The van der Waals surface area contributed by atoms with Gasteiger partial charge in [0.25, 0.3) is 0 Å². The Morgan fingerprint density at radius 2 is 1.57 bits per heavy atom. The number of nitrogens with one attached hydrogen (secondary N) is 1. The number of amides is 2. The lowest BCUT2D eigenvalue weighted by Crippen LogP contribution is -2.56. The average Bonchev–Trinajstić information content (AvgIpc) is 2.72. The van der Waals surface area contributed by atoms with Gasteiger partial charge in [-0.15, -0.1) is 0 Å². The average molecular weight is 396 g/mol. The zero-order valence-electron chi connectivity index (χ0n) is 16.8. The van der Waals surface area contributed by atoms with E-state index in [0.29, 0.717) is 32.0 Å². The number of carboxylic acids is 1. The van der Waals surface area contributed by atoms with E-state index in [4.69, 9.17) is 5.11 Å². The number of carbonyl (C=O) groups is 3. The Morgan fingerprint density at radius 3 is 2.11 bits per heavy atom. The molecular formula is C19H33N5O4. The maximum Gasteiger partial charge on any atom is 0.324 e. The minimum absolute atomic E-state index is 0.0275. The fourth-order valence-electron chi connectivity index (χ4n) is 4.63. The van der Waals surface area contributed by atoms with E-state index < -0.39 is 5.97 Å². The van der Waals surface area contributed by atoms with Crippen molar-refractivity contribution in [3.63, 3.8) is 0 Å². The first-order chi connectivity index (χ1) is 13.5. The van der Waals surface area contributed by atoms with Gasteiger partial charge in [-0.3, -0.25) is 24.3 Å². The summed E-state index contributed by atoms with van der Waals surface area (Å²) >= 11 is 0. The van der Waals surface area contributed by atoms with Gasteiger partial charge in [0.05, 0.1) is 0 Å². The van der Waals surface area contributed by atoms with Gasteiger partial charge < -0.3 is 15.3 Å². The van der Waals surface area contributed by atoms with Gasteiger partial charge in [0, 0.05) is 58.2 Å². The second kappa shape index (κ2) is 9.67. The van der Waals surface area contributed by atoms with E-state index in [2.05, 4.69) is 10.2 Å². The minimum atomic E-state index is -1.03. The van der Waals surface area contributed by atoms with Crippen LogP contribution in [-0.4, -0.2) is 108 Å². The molecule has 2 N–H and O–H groups in total. The lowest BCUT2D eigenvalue weighted by atomic mass is 9.95. The van der Waals surface area contributed by atoms with Crippen LogP contribution in [0.25, 0.3) is 0 Å². The molecular weight excluding hydrogens is 362 g/mol. The van der Waals surface area contributed by atoms with Gasteiger partial charge in [-0.05, 0) is 38.8 Å². The van der Waals surface area contributed by atoms with Gasteiger partial charge in [0.1, 0.15) is 6.54 Å². The predicted octanol–water partition coefficient (Wildman–Crippen LogP) is -0.557. The molecule has 3 heterocycles. The predicted molar refractivity (Wildman–Crippen MR) is 103 cm³/mol. The van der Waals surface area contributed by atoms with Crippen LogP contribution in [0, 0.1) is 5.92 Å². The largest absolute Gasteiger partial charge is 0.480 e. The number of nitrogens with zero attached hydrogens (tertiary/aromatic N) is 4. The third-order valence-electron chi connectivity index (χ3n) is 6.26. The molecule has 9 nitrogen and oxygen atoms in total. The number of carboxylic acid groups (broad SMARTS) is 1. The Balaban J connectivity index is 1.45. The molecule has 28 heavy (non-hydrogen) atoms. The normalized spacial score (nSPS) is 23.5. The summed E-state index contributed by atoms with van der Waals surface area (Å²) in [5, 5.41) is 15.5. The van der Waals surface area contributed by atoms with E-state index in [1.165, 1.54) is 24.8 Å². The van der Waals surface area contributed by atoms with Gasteiger partial charge in [0.2, 0.25) is 11.8 Å².